The number of anilines is 2. The van der Waals surface area contributed by atoms with Crippen LogP contribution in [0.25, 0.3) is 0 Å². The molecule has 0 saturated heterocycles. The number of carbonyl (C=O) groups excluding carboxylic acids is 1. The molecule has 2 rings (SSSR count). The van der Waals surface area contributed by atoms with Crippen LogP contribution in [0.1, 0.15) is 15.9 Å². The number of nitrogens with two attached hydrogens (primary N) is 1. The van der Waals surface area contributed by atoms with Gasteiger partial charge >= 0.3 is 0 Å². The molecule has 0 saturated carbocycles. The van der Waals surface area contributed by atoms with E-state index in [0.717, 1.165) is 5.56 Å². The molecule has 2 aromatic carbocycles. The summed E-state index contributed by atoms with van der Waals surface area (Å²) in [6.07, 6.45) is 0. The van der Waals surface area contributed by atoms with E-state index in [4.69, 9.17) is 22.1 Å². The maximum absolute atomic E-state index is 12.2. The number of hydrogen-bond donors (Lipinski definition) is 2. The Morgan fingerprint density at radius 2 is 2.00 bits per heavy atom. The van der Waals surface area contributed by atoms with Crippen molar-refractivity contribution in [1.29, 1.82) is 0 Å². The molecule has 0 aromatic heterocycles. The Bertz CT molecular complexity index is 636. The first-order valence-corrected chi connectivity index (χ1v) is 6.39. The van der Waals surface area contributed by atoms with Gasteiger partial charge in [0.15, 0.2) is 0 Å². The quantitative estimate of drug-likeness (QED) is 0.851. The van der Waals surface area contributed by atoms with E-state index < -0.39 is 0 Å². The summed E-state index contributed by atoms with van der Waals surface area (Å²) >= 11 is 5.96. The fourth-order valence-corrected chi connectivity index (χ4v) is 2.17. The number of aryl methyl sites for hydroxylation is 1. The highest BCUT2D eigenvalue weighted by atomic mass is 35.5. The number of hydrogen-bond acceptors (Lipinski definition) is 3. The normalized spacial score (nSPS) is 10.2. The zero-order valence-corrected chi connectivity index (χ0v) is 12.0. The minimum atomic E-state index is -0.264. The third-order valence-electron chi connectivity index (χ3n) is 2.78. The van der Waals surface area contributed by atoms with Crippen molar-refractivity contribution in [2.24, 2.45) is 0 Å². The van der Waals surface area contributed by atoms with E-state index in [1.807, 2.05) is 6.92 Å². The Balaban J connectivity index is 2.29. The van der Waals surface area contributed by atoms with Gasteiger partial charge < -0.3 is 15.8 Å². The maximum Gasteiger partial charge on any atom is 0.255 e. The Labute approximate surface area is 122 Å². The summed E-state index contributed by atoms with van der Waals surface area (Å²) in [6, 6.07) is 10.2. The molecule has 0 atom stereocenters. The molecule has 0 bridgehead atoms. The van der Waals surface area contributed by atoms with Gasteiger partial charge in [-0.15, -0.1) is 0 Å². The van der Waals surface area contributed by atoms with Gasteiger partial charge in [0.25, 0.3) is 5.91 Å². The number of nitrogens with one attached hydrogen (secondary N) is 1. The van der Waals surface area contributed by atoms with E-state index in [1.54, 1.807) is 36.4 Å². The zero-order chi connectivity index (χ0) is 14.7. The Kier molecular flexibility index (Phi) is 4.15. The minimum absolute atomic E-state index is 0.264. The molecule has 2 aromatic rings. The van der Waals surface area contributed by atoms with Crippen LogP contribution in [0.15, 0.2) is 36.4 Å². The number of methoxy groups -OCH3 is 1. The molecule has 1 amide bonds. The third-order valence-corrected chi connectivity index (χ3v) is 2.99. The lowest BCUT2D eigenvalue weighted by molar-refractivity contribution is 0.102. The first kappa shape index (κ1) is 14.2. The molecule has 0 spiro atoms. The van der Waals surface area contributed by atoms with Gasteiger partial charge in [-0.2, -0.15) is 0 Å². The molecule has 0 fully saturated rings. The summed E-state index contributed by atoms with van der Waals surface area (Å²) < 4.78 is 5.19. The Morgan fingerprint density at radius 3 is 2.65 bits per heavy atom. The molecule has 0 radical (unpaired) electrons. The molecular weight excluding hydrogens is 276 g/mol. The highest BCUT2D eigenvalue weighted by Crippen LogP contribution is 2.27. The van der Waals surface area contributed by atoms with Gasteiger partial charge in [-0.1, -0.05) is 11.6 Å². The van der Waals surface area contributed by atoms with Crippen molar-refractivity contribution in [3.8, 4) is 5.75 Å². The summed E-state index contributed by atoms with van der Waals surface area (Å²) in [5, 5.41) is 3.29. The Hall–Kier alpha value is -2.20. The average molecular weight is 291 g/mol. The van der Waals surface area contributed by atoms with Crippen LogP contribution in [-0.4, -0.2) is 13.0 Å². The van der Waals surface area contributed by atoms with E-state index >= 15 is 0 Å². The first-order chi connectivity index (χ1) is 9.49. The van der Waals surface area contributed by atoms with Crippen molar-refractivity contribution in [3.05, 3.63) is 52.5 Å². The minimum Gasteiger partial charge on any atom is -0.495 e. The fraction of sp³-hybridized carbons (Fsp3) is 0.133. The number of ether oxygens (including phenoxy) is 1. The van der Waals surface area contributed by atoms with Gasteiger partial charge in [-0.25, -0.2) is 0 Å². The lowest BCUT2D eigenvalue weighted by Gasteiger charge is -2.11. The second-order valence-electron chi connectivity index (χ2n) is 4.43. The lowest BCUT2D eigenvalue weighted by atomic mass is 10.1. The van der Waals surface area contributed by atoms with E-state index in [0.29, 0.717) is 27.7 Å². The van der Waals surface area contributed by atoms with Crippen molar-refractivity contribution < 1.29 is 9.53 Å². The molecule has 20 heavy (non-hydrogen) atoms. The van der Waals surface area contributed by atoms with Crippen molar-refractivity contribution in [2.75, 3.05) is 18.2 Å². The number of halogens is 1. The van der Waals surface area contributed by atoms with E-state index in [9.17, 15) is 4.79 Å². The van der Waals surface area contributed by atoms with Crippen LogP contribution in [0.3, 0.4) is 0 Å². The van der Waals surface area contributed by atoms with Crippen LogP contribution in [-0.2, 0) is 0 Å². The molecule has 5 heteroatoms. The van der Waals surface area contributed by atoms with Crippen LogP contribution in [0.5, 0.6) is 5.75 Å². The molecular formula is C15H15ClN2O2. The number of amides is 1. The molecule has 4 nitrogen and oxygen atoms in total. The molecule has 0 aliphatic rings. The van der Waals surface area contributed by atoms with Crippen LogP contribution >= 0.6 is 11.6 Å². The van der Waals surface area contributed by atoms with Crippen molar-refractivity contribution in [3.63, 3.8) is 0 Å². The van der Waals surface area contributed by atoms with Crippen LogP contribution in [0.2, 0.25) is 5.02 Å². The smallest absolute Gasteiger partial charge is 0.255 e. The standard InChI is InChI=1S/C15H15ClN2O2/c1-9-5-10(7-11(16)6-9)15(19)18-13-8-12(17)3-4-14(13)20-2/h3-8H,17H2,1-2H3,(H,18,19). The van der Waals surface area contributed by atoms with Crippen LogP contribution in [0, 0.1) is 6.92 Å². The molecule has 0 unspecified atom stereocenters. The number of benzene rings is 2. The van der Waals surface area contributed by atoms with E-state index in [2.05, 4.69) is 5.32 Å². The highest BCUT2D eigenvalue weighted by Gasteiger charge is 2.11. The average Bonchev–Trinajstić information content (AvgIpc) is 2.37. The van der Waals surface area contributed by atoms with Crippen LogP contribution in [0.4, 0.5) is 11.4 Å². The molecule has 104 valence electrons. The summed E-state index contributed by atoms with van der Waals surface area (Å²) in [7, 11) is 1.53. The van der Waals surface area contributed by atoms with Gasteiger partial charge in [-0.3, -0.25) is 4.79 Å². The Morgan fingerprint density at radius 1 is 1.25 bits per heavy atom. The van der Waals surface area contributed by atoms with Crippen LogP contribution < -0.4 is 15.8 Å². The topological polar surface area (TPSA) is 64.3 Å². The van der Waals surface area contributed by atoms with Crippen molar-refractivity contribution in [1.82, 2.24) is 0 Å². The van der Waals surface area contributed by atoms with E-state index in [1.165, 1.54) is 7.11 Å². The monoisotopic (exact) mass is 290 g/mol. The first-order valence-electron chi connectivity index (χ1n) is 6.01. The van der Waals surface area contributed by atoms with Crippen molar-refractivity contribution >= 4 is 28.9 Å². The van der Waals surface area contributed by atoms with E-state index in [-0.39, 0.29) is 5.91 Å². The SMILES string of the molecule is COc1ccc(N)cc1NC(=O)c1cc(C)cc(Cl)c1. The zero-order valence-electron chi connectivity index (χ0n) is 11.2. The maximum atomic E-state index is 12.2. The number of carbonyl (C=O) groups is 1. The van der Waals surface area contributed by atoms with Gasteiger partial charge in [0.1, 0.15) is 5.75 Å². The number of rotatable bonds is 3. The lowest BCUT2D eigenvalue weighted by Crippen LogP contribution is -2.13. The number of nitrogen functional groups attached to an aromatic ring is 1. The summed E-state index contributed by atoms with van der Waals surface area (Å²) in [6.45, 7) is 1.88. The highest BCUT2D eigenvalue weighted by molar-refractivity contribution is 6.31. The van der Waals surface area contributed by atoms with Gasteiger partial charge in [0.05, 0.1) is 12.8 Å². The largest absolute Gasteiger partial charge is 0.495 e. The summed E-state index contributed by atoms with van der Waals surface area (Å²) in [5.74, 6) is 0.283. The molecule has 3 N–H and O–H groups in total. The van der Waals surface area contributed by atoms with Gasteiger partial charge in [-0.05, 0) is 48.9 Å². The molecule has 0 heterocycles. The van der Waals surface area contributed by atoms with Crippen molar-refractivity contribution in [2.45, 2.75) is 6.92 Å². The second kappa shape index (κ2) is 5.84. The molecule has 0 aliphatic carbocycles. The van der Waals surface area contributed by atoms with Gasteiger partial charge in [0, 0.05) is 16.3 Å². The molecule has 0 aliphatic heterocycles. The predicted octanol–water partition coefficient (Wildman–Crippen LogP) is 3.49. The third kappa shape index (κ3) is 3.22. The summed E-state index contributed by atoms with van der Waals surface area (Å²) in [4.78, 5) is 12.2. The fourth-order valence-electron chi connectivity index (χ4n) is 1.89. The predicted molar refractivity (Wildman–Crippen MR) is 81.5 cm³/mol. The summed E-state index contributed by atoms with van der Waals surface area (Å²) in [5.41, 5.74) is 8.19. The second-order valence-corrected chi connectivity index (χ2v) is 4.87. The van der Waals surface area contributed by atoms with Gasteiger partial charge in [0.2, 0.25) is 0 Å².